The minimum Gasteiger partial charge on any atom is -0.338 e. The molecule has 2 heterocycles. The standard InChI is InChI=1S/C17H15N3O3/c1-19-15-12(16(22)20(2)17(19)23)10-13(18-15)14(21)9-8-11-6-4-3-5-7-11/h3-10,18H,1-2H3/b9-8+. The highest BCUT2D eigenvalue weighted by Crippen LogP contribution is 2.11. The summed E-state index contributed by atoms with van der Waals surface area (Å²) in [7, 11) is 2.96. The fraction of sp³-hybridized carbons (Fsp3) is 0.118. The molecule has 0 fully saturated rings. The lowest BCUT2D eigenvalue weighted by atomic mass is 10.2. The van der Waals surface area contributed by atoms with Crippen molar-refractivity contribution in [2.24, 2.45) is 14.1 Å². The van der Waals surface area contributed by atoms with Gasteiger partial charge in [-0.1, -0.05) is 36.4 Å². The van der Waals surface area contributed by atoms with Gasteiger partial charge in [0.15, 0.2) is 0 Å². The van der Waals surface area contributed by atoms with Gasteiger partial charge in [0.05, 0.1) is 11.1 Å². The van der Waals surface area contributed by atoms with Crippen LogP contribution in [0.25, 0.3) is 17.1 Å². The molecule has 0 aliphatic heterocycles. The zero-order chi connectivity index (χ0) is 16.6. The molecule has 0 bridgehead atoms. The van der Waals surface area contributed by atoms with E-state index >= 15 is 0 Å². The van der Waals surface area contributed by atoms with E-state index in [2.05, 4.69) is 4.98 Å². The first-order chi connectivity index (χ1) is 11.0. The van der Waals surface area contributed by atoms with Crippen molar-refractivity contribution in [2.75, 3.05) is 0 Å². The van der Waals surface area contributed by atoms with E-state index in [1.807, 2.05) is 30.3 Å². The van der Waals surface area contributed by atoms with E-state index in [0.717, 1.165) is 10.1 Å². The molecule has 0 unspecified atom stereocenters. The van der Waals surface area contributed by atoms with Gasteiger partial charge in [-0.25, -0.2) is 4.79 Å². The van der Waals surface area contributed by atoms with Gasteiger partial charge < -0.3 is 4.98 Å². The number of H-pyrrole nitrogens is 1. The van der Waals surface area contributed by atoms with Gasteiger partial charge in [0, 0.05) is 14.1 Å². The van der Waals surface area contributed by atoms with E-state index in [-0.39, 0.29) is 11.5 Å². The third-order valence-corrected chi connectivity index (χ3v) is 3.73. The summed E-state index contributed by atoms with van der Waals surface area (Å²) in [6, 6.07) is 10.9. The molecule has 3 rings (SSSR count). The van der Waals surface area contributed by atoms with E-state index in [1.54, 1.807) is 13.1 Å². The minimum atomic E-state index is -0.442. The van der Waals surface area contributed by atoms with Gasteiger partial charge in [-0.2, -0.15) is 0 Å². The molecule has 0 spiro atoms. The molecule has 2 aromatic heterocycles. The second-order valence-corrected chi connectivity index (χ2v) is 5.26. The average Bonchev–Trinajstić information content (AvgIpc) is 3.02. The fourth-order valence-electron chi connectivity index (χ4n) is 2.42. The van der Waals surface area contributed by atoms with Crippen LogP contribution in [0.3, 0.4) is 0 Å². The Balaban J connectivity index is 2.04. The third kappa shape index (κ3) is 2.55. The Bertz CT molecular complexity index is 1040. The lowest BCUT2D eigenvalue weighted by Crippen LogP contribution is -2.36. The smallest absolute Gasteiger partial charge is 0.332 e. The van der Waals surface area contributed by atoms with Crippen molar-refractivity contribution in [3.63, 3.8) is 0 Å². The Morgan fingerprint density at radius 1 is 1.09 bits per heavy atom. The molecule has 0 radical (unpaired) electrons. The zero-order valence-electron chi connectivity index (χ0n) is 12.7. The molecule has 0 atom stereocenters. The number of carbonyl (C=O) groups is 1. The number of hydrogen-bond donors (Lipinski definition) is 1. The summed E-state index contributed by atoms with van der Waals surface area (Å²) in [5, 5.41) is 0.311. The summed E-state index contributed by atoms with van der Waals surface area (Å²) in [5.74, 6) is -0.264. The maximum Gasteiger partial charge on any atom is 0.332 e. The number of benzene rings is 1. The Morgan fingerprint density at radius 2 is 1.78 bits per heavy atom. The Morgan fingerprint density at radius 3 is 2.48 bits per heavy atom. The minimum absolute atomic E-state index is 0.264. The topological polar surface area (TPSA) is 76.9 Å². The van der Waals surface area contributed by atoms with Crippen LogP contribution in [0.1, 0.15) is 16.1 Å². The molecule has 0 aliphatic rings. The van der Waals surface area contributed by atoms with Crippen LogP contribution in [0, 0.1) is 0 Å². The number of fused-ring (bicyclic) bond motifs is 1. The first-order valence-electron chi connectivity index (χ1n) is 7.05. The number of ketones is 1. The highest BCUT2D eigenvalue weighted by Gasteiger charge is 2.14. The van der Waals surface area contributed by atoms with Crippen molar-refractivity contribution < 1.29 is 4.79 Å². The quantitative estimate of drug-likeness (QED) is 0.588. The SMILES string of the molecule is Cn1c(=O)c2cc(C(=O)/C=C/c3ccccc3)[nH]c2n(C)c1=O. The number of carbonyl (C=O) groups excluding carboxylic acids is 1. The van der Waals surface area contributed by atoms with Crippen molar-refractivity contribution in [3.05, 3.63) is 74.6 Å². The lowest BCUT2D eigenvalue weighted by molar-refractivity contribution is 0.104. The van der Waals surface area contributed by atoms with Gasteiger partial charge in [-0.3, -0.25) is 18.7 Å². The monoisotopic (exact) mass is 309 g/mol. The number of aromatic amines is 1. The average molecular weight is 309 g/mol. The highest BCUT2D eigenvalue weighted by molar-refractivity contribution is 6.07. The molecule has 116 valence electrons. The summed E-state index contributed by atoms with van der Waals surface area (Å²) >= 11 is 0. The van der Waals surface area contributed by atoms with E-state index in [4.69, 9.17) is 0 Å². The molecule has 0 aliphatic carbocycles. The molecule has 3 aromatic rings. The number of nitrogens with one attached hydrogen (secondary N) is 1. The predicted octanol–water partition coefficient (Wildman–Crippen LogP) is 1.46. The molecule has 1 aromatic carbocycles. The maximum atomic E-state index is 12.3. The molecule has 6 nitrogen and oxygen atoms in total. The fourth-order valence-corrected chi connectivity index (χ4v) is 2.42. The van der Waals surface area contributed by atoms with E-state index in [9.17, 15) is 14.4 Å². The molecular weight excluding hydrogens is 294 g/mol. The van der Waals surface area contributed by atoms with Crippen LogP contribution in [0.4, 0.5) is 0 Å². The van der Waals surface area contributed by atoms with Crippen LogP contribution in [0.15, 0.2) is 52.1 Å². The lowest BCUT2D eigenvalue weighted by Gasteiger charge is -2.02. The van der Waals surface area contributed by atoms with Crippen LogP contribution >= 0.6 is 0 Å². The van der Waals surface area contributed by atoms with Crippen molar-refractivity contribution in [2.45, 2.75) is 0 Å². The number of allylic oxidation sites excluding steroid dienone is 1. The number of rotatable bonds is 3. The van der Waals surface area contributed by atoms with E-state index in [0.29, 0.717) is 11.0 Å². The van der Waals surface area contributed by atoms with Gasteiger partial charge in [-0.15, -0.1) is 0 Å². The predicted molar refractivity (Wildman–Crippen MR) is 88.6 cm³/mol. The van der Waals surface area contributed by atoms with Crippen molar-refractivity contribution in [3.8, 4) is 0 Å². The molecule has 0 saturated carbocycles. The Labute approximate surface area is 131 Å². The second kappa shape index (κ2) is 5.57. The van der Waals surface area contributed by atoms with Gasteiger partial charge in [-0.05, 0) is 17.7 Å². The summed E-state index contributed by atoms with van der Waals surface area (Å²) in [6.07, 6.45) is 3.13. The van der Waals surface area contributed by atoms with Crippen molar-refractivity contribution >= 4 is 22.9 Å². The first kappa shape index (κ1) is 14.8. The van der Waals surface area contributed by atoms with Gasteiger partial charge in [0.1, 0.15) is 5.65 Å². The Kier molecular flexibility index (Phi) is 3.57. The first-order valence-corrected chi connectivity index (χ1v) is 7.05. The summed E-state index contributed by atoms with van der Waals surface area (Å²) < 4.78 is 2.33. The van der Waals surface area contributed by atoms with Crippen LogP contribution in [0.5, 0.6) is 0 Å². The van der Waals surface area contributed by atoms with Gasteiger partial charge >= 0.3 is 5.69 Å². The number of aromatic nitrogens is 3. The van der Waals surface area contributed by atoms with E-state index < -0.39 is 11.2 Å². The zero-order valence-corrected chi connectivity index (χ0v) is 12.7. The maximum absolute atomic E-state index is 12.3. The van der Waals surface area contributed by atoms with Crippen LogP contribution in [-0.4, -0.2) is 19.9 Å². The van der Waals surface area contributed by atoms with Gasteiger partial charge in [0.2, 0.25) is 5.78 Å². The number of nitrogens with zero attached hydrogens (tertiary/aromatic N) is 2. The van der Waals surface area contributed by atoms with Crippen LogP contribution in [-0.2, 0) is 14.1 Å². The largest absolute Gasteiger partial charge is 0.338 e. The molecule has 0 amide bonds. The van der Waals surface area contributed by atoms with Gasteiger partial charge in [0.25, 0.3) is 5.56 Å². The number of hydrogen-bond acceptors (Lipinski definition) is 3. The van der Waals surface area contributed by atoms with Crippen LogP contribution in [0.2, 0.25) is 0 Å². The third-order valence-electron chi connectivity index (χ3n) is 3.73. The van der Waals surface area contributed by atoms with Crippen molar-refractivity contribution in [1.29, 1.82) is 0 Å². The molecule has 6 heteroatoms. The molecular formula is C17H15N3O3. The molecule has 1 N–H and O–H groups in total. The Hall–Kier alpha value is -3.15. The molecule has 23 heavy (non-hydrogen) atoms. The summed E-state index contributed by atoms with van der Waals surface area (Å²) in [5.41, 5.74) is 0.647. The highest BCUT2D eigenvalue weighted by atomic mass is 16.2. The summed E-state index contributed by atoms with van der Waals surface area (Å²) in [4.78, 5) is 39.1. The summed E-state index contributed by atoms with van der Waals surface area (Å²) in [6.45, 7) is 0. The van der Waals surface area contributed by atoms with E-state index in [1.165, 1.54) is 23.8 Å². The second-order valence-electron chi connectivity index (χ2n) is 5.26. The number of aryl methyl sites for hydroxylation is 1. The molecule has 0 saturated heterocycles. The van der Waals surface area contributed by atoms with Crippen molar-refractivity contribution in [1.82, 2.24) is 14.1 Å². The normalized spacial score (nSPS) is 11.4. The van der Waals surface area contributed by atoms with Crippen LogP contribution < -0.4 is 11.2 Å².